The molecule has 0 radical (unpaired) electrons. The first-order valence-corrected chi connectivity index (χ1v) is 18.2. The van der Waals surface area contributed by atoms with Crippen LogP contribution in [0.2, 0.25) is 0 Å². The van der Waals surface area contributed by atoms with Gasteiger partial charge >= 0.3 is 6.09 Å². The van der Waals surface area contributed by atoms with E-state index in [1.807, 2.05) is 17.3 Å². The average molecular weight is 672 g/mol. The number of nitrogens with zero attached hydrogens (tertiary/aromatic N) is 3. The van der Waals surface area contributed by atoms with Crippen molar-refractivity contribution in [3.05, 3.63) is 84.4 Å². The van der Waals surface area contributed by atoms with Gasteiger partial charge in [-0.25, -0.2) is 9.78 Å². The molecule has 50 heavy (non-hydrogen) atoms. The zero-order chi connectivity index (χ0) is 34.0. The molecular weight excluding hydrogens is 626 g/mol. The maximum atomic E-state index is 13.9. The second-order valence-corrected chi connectivity index (χ2v) is 14.2. The van der Waals surface area contributed by atoms with E-state index in [1.165, 1.54) is 60.3 Å². The summed E-state index contributed by atoms with van der Waals surface area (Å²) in [4.78, 5) is 41.2. The van der Waals surface area contributed by atoms with Crippen molar-refractivity contribution in [3.8, 4) is 22.4 Å². The highest BCUT2D eigenvalue weighted by Crippen LogP contribution is 2.35. The third-order valence-electron chi connectivity index (χ3n) is 11.2. The SMILES string of the molecule is COC(=O)N[C@H](C(=O)N1CCC[C@H]1C1=NC=C(c2ccc(-c3ccc4cc(-c5cnc(C6CCCC6)[nH]5)ccc4c3)cc2)C1)C1CCOCC1. The molecule has 3 aliphatic heterocycles. The zero-order valence-corrected chi connectivity index (χ0v) is 28.7. The first kappa shape index (κ1) is 32.4. The minimum Gasteiger partial charge on any atom is -0.453 e. The number of carbonyl (C=O) groups excluding carboxylic acids is 2. The van der Waals surface area contributed by atoms with Crippen molar-refractivity contribution in [2.45, 2.75) is 75.8 Å². The number of fused-ring (bicyclic) bond motifs is 1. The van der Waals surface area contributed by atoms with E-state index in [0.29, 0.717) is 32.1 Å². The molecule has 2 saturated heterocycles. The Morgan fingerprint density at radius 3 is 2.34 bits per heavy atom. The molecule has 8 rings (SSSR count). The van der Waals surface area contributed by atoms with E-state index < -0.39 is 12.1 Å². The minimum absolute atomic E-state index is 0.0193. The molecule has 3 fully saturated rings. The molecule has 9 nitrogen and oxygen atoms in total. The molecule has 4 aliphatic rings. The van der Waals surface area contributed by atoms with Gasteiger partial charge in [0.1, 0.15) is 11.9 Å². The van der Waals surface area contributed by atoms with Gasteiger partial charge in [-0.1, -0.05) is 61.4 Å². The smallest absolute Gasteiger partial charge is 0.407 e. The monoisotopic (exact) mass is 671 g/mol. The van der Waals surface area contributed by atoms with Gasteiger partial charge in [0, 0.05) is 49.6 Å². The summed E-state index contributed by atoms with van der Waals surface area (Å²) in [6.07, 6.45) is 12.4. The van der Waals surface area contributed by atoms with Gasteiger partial charge < -0.3 is 24.7 Å². The molecule has 1 aliphatic carbocycles. The second kappa shape index (κ2) is 14.2. The van der Waals surface area contributed by atoms with Crippen LogP contribution in [0, 0.1) is 5.92 Å². The number of ether oxygens (including phenoxy) is 2. The molecule has 9 heteroatoms. The summed E-state index contributed by atoms with van der Waals surface area (Å²) in [6, 6.07) is 21.3. The van der Waals surface area contributed by atoms with Gasteiger partial charge in [0.05, 0.1) is 25.0 Å². The highest BCUT2D eigenvalue weighted by molar-refractivity contribution is 6.04. The summed E-state index contributed by atoms with van der Waals surface area (Å²) >= 11 is 0. The van der Waals surface area contributed by atoms with Crippen LogP contribution in [0.3, 0.4) is 0 Å². The number of likely N-dealkylation sites (tertiary alicyclic amines) is 1. The van der Waals surface area contributed by atoms with Crippen LogP contribution in [0.4, 0.5) is 4.79 Å². The van der Waals surface area contributed by atoms with Crippen LogP contribution < -0.4 is 5.32 Å². The summed E-state index contributed by atoms with van der Waals surface area (Å²) in [5, 5.41) is 5.26. The van der Waals surface area contributed by atoms with Crippen LogP contribution in [0.1, 0.15) is 75.1 Å². The Morgan fingerprint density at radius 2 is 1.58 bits per heavy atom. The average Bonchev–Trinajstić information content (AvgIpc) is 4.01. The molecule has 1 aromatic heterocycles. The van der Waals surface area contributed by atoms with Gasteiger partial charge in [0.2, 0.25) is 5.91 Å². The van der Waals surface area contributed by atoms with Crippen molar-refractivity contribution < 1.29 is 19.1 Å². The number of carbonyl (C=O) groups is 2. The van der Waals surface area contributed by atoms with Gasteiger partial charge in [-0.2, -0.15) is 0 Å². The Bertz CT molecular complexity index is 1930. The Balaban J connectivity index is 0.924. The highest BCUT2D eigenvalue weighted by atomic mass is 16.5. The van der Waals surface area contributed by atoms with Gasteiger partial charge in [-0.3, -0.25) is 9.79 Å². The van der Waals surface area contributed by atoms with Crippen LogP contribution in [0.15, 0.2) is 78.1 Å². The van der Waals surface area contributed by atoms with E-state index in [-0.39, 0.29) is 17.9 Å². The molecule has 3 aromatic carbocycles. The molecule has 4 aromatic rings. The Labute approximate surface area is 293 Å². The number of imidazole rings is 1. The molecular formula is C41H45N5O4. The second-order valence-electron chi connectivity index (χ2n) is 14.2. The zero-order valence-electron chi connectivity index (χ0n) is 28.7. The standard InChI is InChI=1S/C41H45N5O4/c1-49-41(48)45-38(28-16-19-50-20-17-28)40(47)46-18-4-7-37(46)35-23-34(24-42-35)27-10-8-26(9-11-27)30-12-13-32-22-33(15-14-31(32)21-30)36-25-43-39(44-36)29-5-2-3-6-29/h8-15,21-22,24-25,28-29,37-38H,2-7,16-20,23H2,1H3,(H,43,44)(H,45,48)/t37-,38-/m0/s1. The molecule has 0 spiro atoms. The van der Waals surface area contributed by atoms with Gasteiger partial charge in [0.25, 0.3) is 0 Å². The van der Waals surface area contributed by atoms with Crippen molar-refractivity contribution in [3.63, 3.8) is 0 Å². The maximum Gasteiger partial charge on any atom is 0.407 e. The van der Waals surface area contributed by atoms with Gasteiger partial charge in [-0.05, 0) is 89.6 Å². The Kier molecular flexibility index (Phi) is 9.23. The Hall–Kier alpha value is -4.76. The molecule has 4 heterocycles. The lowest BCUT2D eigenvalue weighted by Crippen LogP contribution is -2.55. The van der Waals surface area contributed by atoms with Crippen molar-refractivity contribution in [2.75, 3.05) is 26.9 Å². The summed E-state index contributed by atoms with van der Waals surface area (Å²) < 4.78 is 10.4. The summed E-state index contributed by atoms with van der Waals surface area (Å²) in [7, 11) is 1.33. The molecule has 2 atom stereocenters. The number of aliphatic imine (C=N–C) groups is 1. The first-order chi connectivity index (χ1) is 24.5. The minimum atomic E-state index is -0.628. The van der Waals surface area contributed by atoms with Crippen LogP contribution in [-0.2, 0) is 14.3 Å². The number of aromatic nitrogens is 2. The Morgan fingerprint density at radius 1 is 0.880 bits per heavy atom. The van der Waals surface area contributed by atoms with Gasteiger partial charge in [0.15, 0.2) is 0 Å². The first-order valence-electron chi connectivity index (χ1n) is 18.2. The number of alkyl carbamates (subject to hydrolysis) is 1. The van der Waals surface area contributed by atoms with Crippen LogP contribution in [0.5, 0.6) is 0 Å². The molecule has 2 N–H and O–H groups in total. The number of amides is 2. The van der Waals surface area contributed by atoms with Gasteiger partial charge in [-0.15, -0.1) is 0 Å². The van der Waals surface area contributed by atoms with E-state index in [0.717, 1.165) is 54.0 Å². The van der Waals surface area contributed by atoms with E-state index in [2.05, 4.69) is 71.0 Å². The van der Waals surface area contributed by atoms with Crippen LogP contribution >= 0.6 is 0 Å². The fourth-order valence-corrected chi connectivity index (χ4v) is 8.36. The number of aromatic amines is 1. The fraction of sp³-hybridized carbons (Fsp3) is 0.415. The molecule has 2 amide bonds. The topological polar surface area (TPSA) is 109 Å². The normalized spacial score (nSPS) is 20.6. The molecule has 0 unspecified atom stereocenters. The van der Waals surface area contributed by atoms with E-state index in [4.69, 9.17) is 19.5 Å². The van der Waals surface area contributed by atoms with Crippen LogP contribution in [-0.4, -0.2) is 71.5 Å². The quantitative estimate of drug-likeness (QED) is 0.198. The van der Waals surface area contributed by atoms with Crippen molar-refractivity contribution in [1.82, 2.24) is 20.2 Å². The van der Waals surface area contributed by atoms with Crippen molar-refractivity contribution >= 4 is 34.1 Å². The van der Waals surface area contributed by atoms with Crippen molar-refractivity contribution in [2.24, 2.45) is 10.9 Å². The van der Waals surface area contributed by atoms with Crippen LogP contribution in [0.25, 0.3) is 38.7 Å². The lowest BCUT2D eigenvalue weighted by molar-refractivity contribution is -0.135. The third kappa shape index (κ3) is 6.59. The van der Waals surface area contributed by atoms with E-state index in [1.54, 1.807) is 0 Å². The number of benzene rings is 3. The largest absolute Gasteiger partial charge is 0.453 e. The highest BCUT2D eigenvalue weighted by Gasteiger charge is 2.40. The van der Waals surface area contributed by atoms with E-state index in [9.17, 15) is 9.59 Å². The third-order valence-corrected chi connectivity index (χ3v) is 11.2. The number of methoxy groups -OCH3 is 1. The molecule has 258 valence electrons. The summed E-state index contributed by atoms with van der Waals surface area (Å²) in [5.74, 6) is 1.68. The fourth-order valence-electron chi connectivity index (χ4n) is 8.36. The number of rotatable bonds is 8. The number of nitrogens with one attached hydrogen (secondary N) is 2. The molecule has 0 bridgehead atoms. The number of H-pyrrole nitrogens is 1. The number of allylic oxidation sites excluding steroid dienone is 1. The van der Waals surface area contributed by atoms with Crippen molar-refractivity contribution in [1.29, 1.82) is 0 Å². The van der Waals surface area contributed by atoms with E-state index >= 15 is 0 Å². The molecule has 1 saturated carbocycles. The summed E-state index contributed by atoms with van der Waals surface area (Å²) in [6.45, 7) is 1.84. The lowest BCUT2D eigenvalue weighted by atomic mass is 9.90. The maximum absolute atomic E-state index is 13.9. The predicted octanol–water partition coefficient (Wildman–Crippen LogP) is 7.88. The summed E-state index contributed by atoms with van der Waals surface area (Å²) in [5.41, 5.74) is 7.90. The predicted molar refractivity (Wildman–Crippen MR) is 196 cm³/mol. The number of hydrogen-bond acceptors (Lipinski definition) is 6. The number of hydrogen-bond donors (Lipinski definition) is 2. The lowest BCUT2D eigenvalue weighted by Gasteiger charge is -2.34.